The second kappa shape index (κ2) is 5.57. The third-order valence-electron chi connectivity index (χ3n) is 4.55. The van der Waals surface area contributed by atoms with Gasteiger partial charge in [0, 0.05) is 19.1 Å². The predicted octanol–water partition coefficient (Wildman–Crippen LogP) is 2.78. The van der Waals surface area contributed by atoms with Gasteiger partial charge >= 0.3 is 5.97 Å². The number of nitrogens with zero attached hydrogens (tertiary/aromatic N) is 1. The molecule has 1 unspecified atom stereocenters. The molecule has 2 fully saturated rings. The lowest BCUT2D eigenvalue weighted by molar-refractivity contribution is -0.145. The molecule has 1 atom stereocenters. The Kier molecular flexibility index (Phi) is 4.85. The Morgan fingerprint density at radius 1 is 1.29 bits per heavy atom. The van der Waals surface area contributed by atoms with Crippen LogP contribution >= 0.6 is 12.4 Å². The fourth-order valence-electron chi connectivity index (χ4n) is 3.50. The molecule has 1 aliphatic heterocycles. The minimum Gasteiger partial charge on any atom is -0.481 e. The average Bonchev–Trinajstić information content (AvgIpc) is 2.59. The SMILES string of the molecule is CC(C)N1CC(C(=O)O)C2(CCCCC2)C1.Cl. The third kappa shape index (κ3) is 2.76. The number of aliphatic carboxylic acids is 1. The van der Waals surface area contributed by atoms with E-state index in [1.807, 2.05) is 0 Å². The van der Waals surface area contributed by atoms with Gasteiger partial charge in [0.15, 0.2) is 0 Å². The molecule has 1 N–H and O–H groups in total. The number of likely N-dealkylation sites (tertiary alicyclic amines) is 1. The molecule has 0 radical (unpaired) electrons. The van der Waals surface area contributed by atoms with Gasteiger partial charge < -0.3 is 5.11 Å². The van der Waals surface area contributed by atoms with Crippen molar-refractivity contribution < 1.29 is 9.90 Å². The van der Waals surface area contributed by atoms with E-state index in [2.05, 4.69) is 18.7 Å². The zero-order chi connectivity index (χ0) is 11.8. The summed E-state index contributed by atoms with van der Waals surface area (Å²) < 4.78 is 0. The van der Waals surface area contributed by atoms with Gasteiger partial charge in [-0.1, -0.05) is 19.3 Å². The van der Waals surface area contributed by atoms with Crippen molar-refractivity contribution in [3.05, 3.63) is 0 Å². The van der Waals surface area contributed by atoms with Crippen LogP contribution in [0.25, 0.3) is 0 Å². The van der Waals surface area contributed by atoms with E-state index in [-0.39, 0.29) is 23.7 Å². The normalized spacial score (nSPS) is 28.3. The lowest BCUT2D eigenvalue weighted by Crippen LogP contribution is -2.37. The highest BCUT2D eigenvalue weighted by atomic mass is 35.5. The predicted molar refractivity (Wildman–Crippen MR) is 70.6 cm³/mol. The van der Waals surface area contributed by atoms with Crippen LogP contribution in [0.4, 0.5) is 0 Å². The molecule has 2 aliphatic rings. The molecule has 0 aromatic rings. The highest BCUT2D eigenvalue weighted by Gasteiger charge is 2.50. The van der Waals surface area contributed by atoms with Crippen LogP contribution in [0.1, 0.15) is 46.0 Å². The lowest BCUT2D eigenvalue weighted by Gasteiger charge is -2.36. The molecule has 17 heavy (non-hydrogen) atoms. The summed E-state index contributed by atoms with van der Waals surface area (Å²) in [7, 11) is 0. The second-order valence-electron chi connectivity index (χ2n) is 5.84. The van der Waals surface area contributed by atoms with Gasteiger partial charge in [-0.25, -0.2) is 0 Å². The third-order valence-corrected chi connectivity index (χ3v) is 4.55. The van der Waals surface area contributed by atoms with Crippen molar-refractivity contribution in [2.75, 3.05) is 13.1 Å². The average molecular weight is 262 g/mol. The van der Waals surface area contributed by atoms with Gasteiger partial charge in [0.25, 0.3) is 0 Å². The summed E-state index contributed by atoms with van der Waals surface area (Å²) >= 11 is 0. The summed E-state index contributed by atoms with van der Waals surface area (Å²) in [4.78, 5) is 13.8. The van der Waals surface area contributed by atoms with Gasteiger partial charge in [0.05, 0.1) is 5.92 Å². The van der Waals surface area contributed by atoms with E-state index >= 15 is 0 Å². The van der Waals surface area contributed by atoms with Gasteiger partial charge in [-0.3, -0.25) is 9.69 Å². The minimum absolute atomic E-state index is 0. The zero-order valence-electron chi connectivity index (χ0n) is 10.8. The first-order valence-electron chi connectivity index (χ1n) is 6.52. The molecule has 1 heterocycles. The summed E-state index contributed by atoms with van der Waals surface area (Å²) in [5.74, 6) is -0.708. The largest absolute Gasteiger partial charge is 0.481 e. The summed E-state index contributed by atoms with van der Waals surface area (Å²) in [5, 5.41) is 9.40. The van der Waals surface area contributed by atoms with Crippen LogP contribution < -0.4 is 0 Å². The zero-order valence-corrected chi connectivity index (χ0v) is 11.6. The van der Waals surface area contributed by atoms with E-state index in [9.17, 15) is 9.90 Å². The quantitative estimate of drug-likeness (QED) is 0.831. The molecule has 0 bridgehead atoms. The van der Waals surface area contributed by atoms with Gasteiger partial charge in [-0.2, -0.15) is 0 Å². The van der Waals surface area contributed by atoms with Crippen molar-refractivity contribution in [2.45, 2.75) is 52.0 Å². The van der Waals surface area contributed by atoms with Crippen molar-refractivity contribution in [3.8, 4) is 0 Å². The Bertz CT molecular complexity index is 275. The first-order chi connectivity index (χ1) is 7.55. The summed E-state index contributed by atoms with van der Waals surface area (Å²) in [6.45, 7) is 6.09. The monoisotopic (exact) mass is 261 g/mol. The molecule has 0 aromatic carbocycles. The number of carboxylic acid groups (broad SMARTS) is 1. The number of halogens is 1. The van der Waals surface area contributed by atoms with Crippen LogP contribution in [-0.2, 0) is 4.79 Å². The van der Waals surface area contributed by atoms with Crippen LogP contribution in [-0.4, -0.2) is 35.1 Å². The van der Waals surface area contributed by atoms with Crippen LogP contribution in [0.5, 0.6) is 0 Å². The van der Waals surface area contributed by atoms with Crippen molar-refractivity contribution in [1.29, 1.82) is 0 Å². The number of carboxylic acids is 1. The fourth-order valence-corrected chi connectivity index (χ4v) is 3.50. The van der Waals surface area contributed by atoms with Crippen LogP contribution in [0.2, 0.25) is 0 Å². The second-order valence-corrected chi connectivity index (χ2v) is 5.84. The van der Waals surface area contributed by atoms with Gasteiger partial charge in [-0.05, 0) is 32.1 Å². The molecule has 1 saturated carbocycles. The first-order valence-corrected chi connectivity index (χ1v) is 6.52. The molecular formula is C13H24ClNO2. The molecule has 4 heteroatoms. The van der Waals surface area contributed by atoms with E-state index in [1.54, 1.807) is 0 Å². The fraction of sp³-hybridized carbons (Fsp3) is 0.923. The van der Waals surface area contributed by atoms with Crippen molar-refractivity contribution in [3.63, 3.8) is 0 Å². The molecule has 3 nitrogen and oxygen atoms in total. The minimum atomic E-state index is -0.579. The van der Waals surface area contributed by atoms with Crippen molar-refractivity contribution in [2.24, 2.45) is 11.3 Å². The van der Waals surface area contributed by atoms with Gasteiger partial charge in [0.1, 0.15) is 0 Å². The van der Waals surface area contributed by atoms with E-state index in [4.69, 9.17) is 0 Å². The molecule has 100 valence electrons. The lowest BCUT2D eigenvalue weighted by atomic mass is 9.68. The number of carbonyl (C=O) groups is 1. The van der Waals surface area contributed by atoms with Crippen molar-refractivity contribution in [1.82, 2.24) is 4.90 Å². The Labute approximate surface area is 110 Å². The first kappa shape index (κ1) is 14.8. The summed E-state index contributed by atoms with van der Waals surface area (Å²) in [5.41, 5.74) is 0.0916. The molecular weight excluding hydrogens is 238 g/mol. The van der Waals surface area contributed by atoms with E-state index in [1.165, 1.54) is 19.3 Å². The molecule has 1 spiro atoms. The topological polar surface area (TPSA) is 40.5 Å². The Morgan fingerprint density at radius 2 is 1.88 bits per heavy atom. The maximum absolute atomic E-state index is 11.4. The summed E-state index contributed by atoms with van der Waals surface area (Å²) in [6.07, 6.45) is 5.96. The molecule has 1 saturated heterocycles. The Hall–Kier alpha value is -0.280. The molecule has 1 aliphatic carbocycles. The summed E-state index contributed by atoms with van der Waals surface area (Å²) in [6, 6.07) is 0.475. The van der Waals surface area contributed by atoms with Crippen LogP contribution in [0.15, 0.2) is 0 Å². The Morgan fingerprint density at radius 3 is 2.35 bits per heavy atom. The van der Waals surface area contributed by atoms with Crippen LogP contribution in [0.3, 0.4) is 0 Å². The highest BCUT2D eigenvalue weighted by Crippen LogP contribution is 2.48. The number of hydrogen-bond acceptors (Lipinski definition) is 2. The highest BCUT2D eigenvalue weighted by molar-refractivity contribution is 5.85. The van der Waals surface area contributed by atoms with Gasteiger partial charge in [-0.15, -0.1) is 12.4 Å². The van der Waals surface area contributed by atoms with Gasteiger partial charge in [0.2, 0.25) is 0 Å². The van der Waals surface area contributed by atoms with E-state index < -0.39 is 5.97 Å². The molecule has 0 aromatic heterocycles. The standard InChI is InChI=1S/C13H23NO2.ClH/c1-10(2)14-8-11(12(15)16)13(9-14)6-4-3-5-7-13;/h10-11H,3-9H2,1-2H3,(H,15,16);1H. The van der Waals surface area contributed by atoms with E-state index in [0.29, 0.717) is 6.04 Å². The maximum atomic E-state index is 11.4. The number of hydrogen-bond donors (Lipinski definition) is 1. The molecule has 0 amide bonds. The van der Waals surface area contributed by atoms with Crippen molar-refractivity contribution >= 4 is 18.4 Å². The number of rotatable bonds is 2. The van der Waals surface area contributed by atoms with E-state index in [0.717, 1.165) is 25.9 Å². The molecule has 2 rings (SSSR count). The maximum Gasteiger partial charge on any atom is 0.308 e. The van der Waals surface area contributed by atoms with Crippen LogP contribution in [0, 0.1) is 11.3 Å². The smallest absolute Gasteiger partial charge is 0.308 e. The Balaban J connectivity index is 0.00000144.